The van der Waals surface area contributed by atoms with Crippen LogP contribution in [0.25, 0.3) is 22.2 Å². The molecule has 0 aliphatic rings. The van der Waals surface area contributed by atoms with Gasteiger partial charge in [0.1, 0.15) is 0 Å². The van der Waals surface area contributed by atoms with Crippen molar-refractivity contribution in [2.75, 3.05) is 11.9 Å². The van der Waals surface area contributed by atoms with E-state index in [-0.39, 0.29) is 0 Å². The van der Waals surface area contributed by atoms with Crippen LogP contribution in [0, 0.1) is 6.92 Å². The Hall–Kier alpha value is -3.03. The van der Waals surface area contributed by atoms with Gasteiger partial charge in [0, 0.05) is 25.6 Å². The maximum absolute atomic E-state index is 12.9. The molecule has 32 heavy (non-hydrogen) atoms. The summed E-state index contributed by atoms with van der Waals surface area (Å²) in [4.78, 5) is 29.9. The van der Waals surface area contributed by atoms with E-state index in [4.69, 9.17) is 4.74 Å². The highest BCUT2D eigenvalue weighted by molar-refractivity contribution is 9.10. The Morgan fingerprint density at radius 3 is 2.47 bits per heavy atom. The van der Waals surface area contributed by atoms with E-state index in [0.717, 1.165) is 20.1 Å². The van der Waals surface area contributed by atoms with Crippen molar-refractivity contribution in [3.05, 3.63) is 92.9 Å². The van der Waals surface area contributed by atoms with Crippen LogP contribution in [0.15, 0.2) is 81.7 Å². The van der Waals surface area contributed by atoms with Crippen molar-refractivity contribution < 1.29 is 14.3 Å². The van der Waals surface area contributed by atoms with Crippen LogP contribution in [0.1, 0.15) is 15.9 Å². The molecule has 0 unspecified atom stereocenters. The lowest BCUT2D eigenvalue weighted by atomic mass is 10.0. The minimum absolute atomic E-state index is 0.362. The van der Waals surface area contributed by atoms with Gasteiger partial charge in [0.05, 0.1) is 16.8 Å². The summed E-state index contributed by atoms with van der Waals surface area (Å²) < 4.78 is 7.24. The molecular weight excluding hydrogens is 536 g/mol. The van der Waals surface area contributed by atoms with Crippen molar-refractivity contribution in [1.82, 2.24) is 4.98 Å². The number of esters is 1. The van der Waals surface area contributed by atoms with Gasteiger partial charge < -0.3 is 10.1 Å². The number of aromatic nitrogens is 1. The number of anilines is 1. The molecule has 7 heteroatoms. The Morgan fingerprint density at radius 1 is 0.969 bits per heavy atom. The first kappa shape index (κ1) is 22.2. The molecule has 0 atom stereocenters. The molecule has 5 nitrogen and oxygen atoms in total. The summed E-state index contributed by atoms with van der Waals surface area (Å²) in [5.41, 5.74) is 4.19. The van der Waals surface area contributed by atoms with Crippen LogP contribution in [0.5, 0.6) is 0 Å². The van der Waals surface area contributed by atoms with Gasteiger partial charge in [0.15, 0.2) is 6.61 Å². The van der Waals surface area contributed by atoms with Crippen LogP contribution in [-0.2, 0) is 9.53 Å². The van der Waals surface area contributed by atoms with E-state index >= 15 is 0 Å². The smallest absolute Gasteiger partial charge is 0.339 e. The molecule has 0 fully saturated rings. The molecule has 3 aromatic carbocycles. The fourth-order valence-electron chi connectivity index (χ4n) is 3.24. The SMILES string of the molecule is Cc1cc(NC(=O)COC(=O)c2cc(-c3ccc(Br)cc3)nc3ccccc23)ccc1Br. The molecule has 1 aromatic heterocycles. The fraction of sp³-hybridized carbons (Fsp3) is 0.0800. The molecule has 0 radical (unpaired) electrons. The van der Waals surface area contributed by atoms with E-state index in [1.54, 1.807) is 12.1 Å². The Bertz CT molecular complexity index is 1320. The third-order valence-corrected chi connectivity index (χ3v) is 6.27. The predicted molar refractivity (Wildman–Crippen MR) is 133 cm³/mol. The number of ether oxygens (including phenoxy) is 1. The van der Waals surface area contributed by atoms with Crippen LogP contribution in [-0.4, -0.2) is 23.5 Å². The predicted octanol–water partition coefficient (Wildman–Crippen LogP) is 6.53. The fourth-order valence-corrected chi connectivity index (χ4v) is 3.75. The van der Waals surface area contributed by atoms with Crippen LogP contribution in [0.2, 0.25) is 0 Å². The third kappa shape index (κ3) is 5.06. The Labute approximate surface area is 202 Å². The van der Waals surface area contributed by atoms with E-state index < -0.39 is 18.5 Å². The summed E-state index contributed by atoms with van der Waals surface area (Å²) in [5, 5.41) is 3.41. The van der Waals surface area contributed by atoms with E-state index in [2.05, 4.69) is 42.2 Å². The number of para-hydroxylation sites is 1. The number of nitrogens with zero attached hydrogens (tertiary/aromatic N) is 1. The van der Waals surface area contributed by atoms with Crippen LogP contribution < -0.4 is 5.32 Å². The topological polar surface area (TPSA) is 68.3 Å². The Morgan fingerprint density at radius 2 is 1.72 bits per heavy atom. The third-order valence-electron chi connectivity index (χ3n) is 4.85. The molecule has 1 amide bonds. The molecule has 4 aromatic rings. The monoisotopic (exact) mass is 552 g/mol. The number of hydrogen-bond donors (Lipinski definition) is 1. The van der Waals surface area contributed by atoms with Gasteiger partial charge >= 0.3 is 5.97 Å². The van der Waals surface area contributed by atoms with Gasteiger partial charge in [-0.2, -0.15) is 0 Å². The number of fused-ring (bicyclic) bond motifs is 1. The van der Waals surface area contributed by atoms with Crippen molar-refractivity contribution >= 4 is 60.3 Å². The molecule has 0 saturated carbocycles. The maximum atomic E-state index is 12.9. The zero-order valence-electron chi connectivity index (χ0n) is 17.1. The van der Waals surface area contributed by atoms with Crippen LogP contribution >= 0.6 is 31.9 Å². The van der Waals surface area contributed by atoms with Gasteiger partial charge in [0.25, 0.3) is 5.91 Å². The number of halogens is 2. The highest BCUT2D eigenvalue weighted by Crippen LogP contribution is 2.26. The number of aryl methyl sites for hydroxylation is 1. The van der Waals surface area contributed by atoms with Gasteiger partial charge in [-0.3, -0.25) is 4.79 Å². The van der Waals surface area contributed by atoms with Gasteiger partial charge in [-0.05, 0) is 55.0 Å². The summed E-state index contributed by atoms with van der Waals surface area (Å²) >= 11 is 6.85. The molecule has 4 rings (SSSR count). The normalized spacial score (nSPS) is 10.7. The lowest BCUT2D eigenvalue weighted by Gasteiger charge is -2.11. The lowest BCUT2D eigenvalue weighted by Crippen LogP contribution is -2.21. The molecule has 0 aliphatic heterocycles. The minimum atomic E-state index is -0.580. The van der Waals surface area contributed by atoms with Crippen LogP contribution in [0.3, 0.4) is 0 Å². The van der Waals surface area contributed by atoms with Crippen molar-refractivity contribution in [3.8, 4) is 11.3 Å². The second-order valence-corrected chi connectivity index (χ2v) is 8.94. The first-order valence-electron chi connectivity index (χ1n) is 9.79. The molecule has 0 bridgehead atoms. The largest absolute Gasteiger partial charge is 0.452 e. The summed E-state index contributed by atoms with van der Waals surface area (Å²) in [6.45, 7) is 1.54. The molecule has 0 saturated heterocycles. The highest BCUT2D eigenvalue weighted by atomic mass is 79.9. The summed E-state index contributed by atoms with van der Waals surface area (Å²) in [7, 11) is 0. The number of nitrogens with one attached hydrogen (secondary N) is 1. The zero-order valence-corrected chi connectivity index (χ0v) is 20.2. The standard InChI is InChI=1S/C25H18Br2N2O3/c1-15-12-18(10-11-21(15)27)28-24(30)14-32-25(31)20-13-23(16-6-8-17(26)9-7-16)29-22-5-3-2-4-19(20)22/h2-13H,14H2,1H3,(H,28,30). The number of carbonyl (C=O) groups excluding carboxylic acids is 2. The second kappa shape index (κ2) is 9.63. The summed E-state index contributed by atoms with van der Waals surface area (Å²) in [5.74, 6) is -0.990. The average molecular weight is 554 g/mol. The van der Waals surface area contributed by atoms with Crippen molar-refractivity contribution in [2.45, 2.75) is 6.92 Å². The van der Waals surface area contributed by atoms with E-state index in [9.17, 15) is 9.59 Å². The average Bonchev–Trinajstić information content (AvgIpc) is 2.79. The molecule has 160 valence electrons. The number of carbonyl (C=O) groups is 2. The first-order chi connectivity index (χ1) is 15.4. The van der Waals surface area contributed by atoms with E-state index in [0.29, 0.717) is 27.8 Å². The Balaban J connectivity index is 1.55. The zero-order chi connectivity index (χ0) is 22.7. The summed E-state index contributed by atoms with van der Waals surface area (Å²) in [6, 6.07) is 22.2. The van der Waals surface area contributed by atoms with Gasteiger partial charge in [0.2, 0.25) is 0 Å². The second-order valence-electron chi connectivity index (χ2n) is 7.17. The minimum Gasteiger partial charge on any atom is -0.452 e. The number of rotatable bonds is 5. The number of benzene rings is 3. The molecule has 0 aliphatic carbocycles. The number of hydrogen-bond acceptors (Lipinski definition) is 4. The van der Waals surface area contributed by atoms with Crippen LogP contribution in [0.4, 0.5) is 5.69 Å². The maximum Gasteiger partial charge on any atom is 0.339 e. The first-order valence-corrected chi connectivity index (χ1v) is 11.4. The lowest BCUT2D eigenvalue weighted by molar-refractivity contribution is -0.119. The van der Waals surface area contributed by atoms with Gasteiger partial charge in [-0.25, -0.2) is 9.78 Å². The number of amides is 1. The van der Waals surface area contributed by atoms with Gasteiger partial charge in [-0.1, -0.05) is 62.2 Å². The molecular formula is C25H18Br2N2O3. The molecule has 1 N–H and O–H groups in total. The molecule has 0 spiro atoms. The van der Waals surface area contributed by atoms with E-state index in [1.165, 1.54) is 0 Å². The summed E-state index contributed by atoms with van der Waals surface area (Å²) in [6.07, 6.45) is 0. The van der Waals surface area contributed by atoms with E-state index in [1.807, 2.05) is 67.6 Å². The van der Waals surface area contributed by atoms with Crippen molar-refractivity contribution in [2.24, 2.45) is 0 Å². The molecule has 1 heterocycles. The quantitative estimate of drug-likeness (QED) is 0.285. The van der Waals surface area contributed by atoms with Crippen molar-refractivity contribution in [1.29, 1.82) is 0 Å². The Kier molecular flexibility index (Phi) is 6.67. The number of pyridine rings is 1. The van der Waals surface area contributed by atoms with Gasteiger partial charge in [-0.15, -0.1) is 0 Å². The highest BCUT2D eigenvalue weighted by Gasteiger charge is 2.17. The van der Waals surface area contributed by atoms with Crippen molar-refractivity contribution in [3.63, 3.8) is 0 Å².